The fourth-order valence-electron chi connectivity index (χ4n) is 1.39. The van der Waals surface area contributed by atoms with Crippen molar-refractivity contribution < 1.29 is 9.90 Å². The molecule has 5 nitrogen and oxygen atoms in total. The Balaban J connectivity index is 2.06. The van der Waals surface area contributed by atoms with Gasteiger partial charge in [0, 0.05) is 26.9 Å². The maximum atomic E-state index is 11.8. The van der Waals surface area contributed by atoms with E-state index in [1.165, 1.54) is 18.5 Å². The van der Waals surface area contributed by atoms with E-state index in [2.05, 4.69) is 47.4 Å². The number of halogens is 2. The Kier molecular flexibility index (Phi) is 4.86. The number of hydrazone groups is 1. The average molecular weight is 399 g/mol. The quantitative estimate of drug-likeness (QED) is 0.616. The van der Waals surface area contributed by atoms with Crippen molar-refractivity contribution >= 4 is 44.0 Å². The topological polar surface area (TPSA) is 74.6 Å². The maximum absolute atomic E-state index is 11.8. The molecule has 0 atom stereocenters. The molecule has 0 aliphatic rings. The summed E-state index contributed by atoms with van der Waals surface area (Å²) in [5, 5.41) is 13.2. The van der Waals surface area contributed by atoms with Gasteiger partial charge in [0.05, 0.1) is 11.8 Å². The van der Waals surface area contributed by atoms with Crippen molar-refractivity contribution in [2.45, 2.75) is 0 Å². The molecule has 0 radical (unpaired) electrons. The first-order valence-corrected chi connectivity index (χ1v) is 7.07. The lowest BCUT2D eigenvalue weighted by molar-refractivity contribution is 0.0954. The second-order valence-corrected chi connectivity index (χ2v) is 5.57. The van der Waals surface area contributed by atoms with Gasteiger partial charge in [-0.25, -0.2) is 5.43 Å². The molecule has 2 N–H and O–H groups in total. The van der Waals surface area contributed by atoms with Gasteiger partial charge in [0.25, 0.3) is 5.91 Å². The molecule has 0 bridgehead atoms. The number of nitrogens with zero attached hydrogens (tertiary/aromatic N) is 2. The summed E-state index contributed by atoms with van der Waals surface area (Å²) in [7, 11) is 0. The third-order valence-corrected chi connectivity index (χ3v) is 3.47. The van der Waals surface area contributed by atoms with Crippen molar-refractivity contribution in [2.75, 3.05) is 0 Å². The molecule has 7 heteroatoms. The third-order valence-electron chi connectivity index (χ3n) is 2.32. The van der Waals surface area contributed by atoms with Crippen molar-refractivity contribution in [2.24, 2.45) is 5.10 Å². The molecule has 0 aliphatic carbocycles. The van der Waals surface area contributed by atoms with Crippen LogP contribution in [0.4, 0.5) is 0 Å². The zero-order chi connectivity index (χ0) is 14.5. The minimum absolute atomic E-state index is 0.122. The first-order chi connectivity index (χ1) is 9.56. The Morgan fingerprint density at radius 1 is 1.30 bits per heavy atom. The molecule has 1 heterocycles. The summed E-state index contributed by atoms with van der Waals surface area (Å²) in [5.74, 6) is -0.247. The predicted octanol–water partition coefficient (Wildman–Crippen LogP) is 3.08. The molecule has 2 rings (SSSR count). The number of nitrogens with one attached hydrogen (secondary N) is 1. The van der Waals surface area contributed by atoms with E-state index in [0.717, 1.165) is 4.47 Å². The normalized spacial score (nSPS) is 10.7. The van der Waals surface area contributed by atoms with Crippen LogP contribution in [0.1, 0.15) is 15.9 Å². The number of amides is 1. The molecule has 0 saturated heterocycles. The fraction of sp³-hybridized carbons (Fsp3) is 0. The Morgan fingerprint density at radius 3 is 2.85 bits per heavy atom. The summed E-state index contributed by atoms with van der Waals surface area (Å²) in [4.78, 5) is 15.7. The number of phenolic OH excluding ortho intramolecular Hbond substituents is 1. The lowest BCUT2D eigenvalue weighted by atomic mass is 10.2. The molecule has 1 amide bonds. The number of carbonyl (C=O) groups is 1. The maximum Gasteiger partial charge on any atom is 0.272 e. The second-order valence-electron chi connectivity index (χ2n) is 3.80. The van der Waals surface area contributed by atoms with Crippen molar-refractivity contribution in [3.8, 4) is 5.75 Å². The van der Waals surface area contributed by atoms with Crippen molar-refractivity contribution in [1.82, 2.24) is 10.4 Å². The van der Waals surface area contributed by atoms with E-state index in [4.69, 9.17) is 0 Å². The summed E-state index contributed by atoms with van der Waals surface area (Å²) < 4.78 is 1.47. The lowest BCUT2D eigenvalue weighted by Gasteiger charge is -2.01. The molecule has 0 unspecified atom stereocenters. The highest BCUT2D eigenvalue weighted by Crippen LogP contribution is 2.19. The van der Waals surface area contributed by atoms with Crippen LogP contribution in [0.3, 0.4) is 0 Å². The first kappa shape index (κ1) is 14.7. The van der Waals surface area contributed by atoms with Gasteiger partial charge in [-0.2, -0.15) is 5.10 Å². The first-order valence-electron chi connectivity index (χ1n) is 5.49. The highest BCUT2D eigenvalue weighted by atomic mass is 79.9. The van der Waals surface area contributed by atoms with Gasteiger partial charge in [-0.1, -0.05) is 15.9 Å². The van der Waals surface area contributed by atoms with E-state index in [-0.39, 0.29) is 11.7 Å². The number of hydrogen-bond donors (Lipinski definition) is 2. The fourth-order valence-corrected chi connectivity index (χ4v) is 2.10. The number of aromatic hydroxyl groups is 1. The van der Waals surface area contributed by atoms with Crippen LogP contribution in [0.15, 0.2) is 50.7 Å². The summed E-state index contributed by atoms with van der Waals surface area (Å²) in [6, 6.07) is 6.41. The highest BCUT2D eigenvalue weighted by Gasteiger charge is 2.05. The van der Waals surface area contributed by atoms with Gasteiger partial charge in [0.2, 0.25) is 0 Å². The molecule has 1 aromatic heterocycles. The Morgan fingerprint density at radius 2 is 2.10 bits per heavy atom. The smallest absolute Gasteiger partial charge is 0.272 e. The van der Waals surface area contributed by atoms with Gasteiger partial charge < -0.3 is 5.11 Å². The molecular formula is C13H9Br2N3O2. The van der Waals surface area contributed by atoms with E-state index >= 15 is 0 Å². The van der Waals surface area contributed by atoms with Crippen LogP contribution in [-0.4, -0.2) is 22.2 Å². The van der Waals surface area contributed by atoms with E-state index < -0.39 is 0 Å². The number of benzene rings is 1. The summed E-state index contributed by atoms with van der Waals surface area (Å²) >= 11 is 6.56. The zero-order valence-electron chi connectivity index (χ0n) is 10.0. The largest absolute Gasteiger partial charge is 0.508 e. The highest BCUT2D eigenvalue weighted by molar-refractivity contribution is 9.10. The van der Waals surface area contributed by atoms with Crippen molar-refractivity contribution in [3.05, 3.63) is 56.7 Å². The SMILES string of the molecule is O=C(N/N=C\c1cc(O)ccc1Br)c1cncc(Br)c1. The molecular weight excluding hydrogens is 390 g/mol. The summed E-state index contributed by atoms with van der Waals surface area (Å²) in [6.07, 6.45) is 4.47. The summed E-state index contributed by atoms with van der Waals surface area (Å²) in [6.45, 7) is 0. The van der Waals surface area contributed by atoms with Crippen LogP contribution in [0.2, 0.25) is 0 Å². The van der Waals surface area contributed by atoms with E-state index in [1.807, 2.05) is 0 Å². The van der Waals surface area contributed by atoms with E-state index in [9.17, 15) is 9.90 Å². The number of pyridine rings is 1. The minimum atomic E-state index is -0.369. The molecule has 0 fully saturated rings. The van der Waals surface area contributed by atoms with E-state index in [1.54, 1.807) is 24.4 Å². The van der Waals surface area contributed by atoms with Gasteiger partial charge in [0.15, 0.2) is 0 Å². The second kappa shape index (κ2) is 6.62. The summed E-state index contributed by atoms with van der Waals surface area (Å²) in [5.41, 5.74) is 3.43. The van der Waals surface area contributed by atoms with Crippen LogP contribution in [-0.2, 0) is 0 Å². The zero-order valence-corrected chi connectivity index (χ0v) is 13.2. The number of aromatic nitrogens is 1. The van der Waals surface area contributed by atoms with Crippen LogP contribution < -0.4 is 5.43 Å². The monoisotopic (exact) mass is 397 g/mol. The Hall–Kier alpha value is -1.73. The van der Waals surface area contributed by atoms with Crippen LogP contribution in [0.25, 0.3) is 0 Å². The molecule has 0 saturated carbocycles. The van der Waals surface area contributed by atoms with Gasteiger partial charge in [0.1, 0.15) is 5.75 Å². The Labute approximate surface area is 132 Å². The van der Waals surface area contributed by atoms with Gasteiger partial charge >= 0.3 is 0 Å². The van der Waals surface area contributed by atoms with Gasteiger partial charge in [-0.15, -0.1) is 0 Å². The van der Waals surface area contributed by atoms with Crippen molar-refractivity contribution in [3.63, 3.8) is 0 Å². The Bertz CT molecular complexity index is 674. The lowest BCUT2D eigenvalue weighted by Crippen LogP contribution is -2.17. The molecule has 0 spiro atoms. The van der Waals surface area contributed by atoms with Crippen LogP contribution in [0, 0.1) is 0 Å². The molecule has 102 valence electrons. The number of phenols is 1. The van der Waals surface area contributed by atoms with Crippen LogP contribution in [0.5, 0.6) is 5.75 Å². The molecule has 0 aliphatic heterocycles. The number of rotatable bonds is 3. The predicted molar refractivity (Wildman–Crippen MR) is 82.8 cm³/mol. The average Bonchev–Trinajstić information content (AvgIpc) is 2.42. The van der Waals surface area contributed by atoms with Gasteiger partial charge in [-0.3, -0.25) is 9.78 Å². The van der Waals surface area contributed by atoms with E-state index in [0.29, 0.717) is 15.6 Å². The van der Waals surface area contributed by atoms with Gasteiger partial charge in [-0.05, 0) is 40.2 Å². The molecule has 1 aromatic carbocycles. The standard InChI is InChI=1S/C13H9Br2N3O2/c14-10-3-9(5-16-7-10)13(20)18-17-6-8-4-11(19)1-2-12(8)15/h1-7,19H,(H,18,20)/b17-6-. The number of carbonyl (C=O) groups excluding carboxylic acids is 1. The molecule has 20 heavy (non-hydrogen) atoms. The van der Waals surface area contributed by atoms with Crippen LogP contribution >= 0.6 is 31.9 Å². The third kappa shape index (κ3) is 3.88. The molecule has 2 aromatic rings. The minimum Gasteiger partial charge on any atom is -0.508 e. The number of hydrogen-bond acceptors (Lipinski definition) is 4. The van der Waals surface area contributed by atoms with Crippen molar-refractivity contribution in [1.29, 1.82) is 0 Å².